The maximum Gasteiger partial charge on any atom is 0.242 e. The van der Waals surface area contributed by atoms with Crippen LogP contribution in [-0.4, -0.2) is 61.6 Å². The molecule has 0 spiro atoms. The maximum absolute atomic E-state index is 13.2. The Labute approximate surface area is 208 Å². The van der Waals surface area contributed by atoms with Crippen molar-refractivity contribution < 1.29 is 19.1 Å². The molecule has 1 fully saturated rings. The summed E-state index contributed by atoms with van der Waals surface area (Å²) in [6.45, 7) is 9.23. The summed E-state index contributed by atoms with van der Waals surface area (Å²) in [5.74, 6) is -0.908. The highest BCUT2D eigenvalue weighted by atomic mass is 16.5. The van der Waals surface area contributed by atoms with Crippen LogP contribution in [0, 0.1) is 5.41 Å². The van der Waals surface area contributed by atoms with E-state index in [-0.39, 0.29) is 36.2 Å². The van der Waals surface area contributed by atoms with Crippen molar-refractivity contribution in [2.24, 2.45) is 11.1 Å². The van der Waals surface area contributed by atoms with Gasteiger partial charge in [-0.1, -0.05) is 45.0 Å². The van der Waals surface area contributed by atoms with Gasteiger partial charge in [0.2, 0.25) is 17.7 Å². The minimum atomic E-state index is -0.840. The second kappa shape index (κ2) is 11.5. The summed E-state index contributed by atoms with van der Waals surface area (Å²) < 4.78 is 5.30. The molecule has 0 bridgehead atoms. The standard InChI is InChI=1S/C26H41N5O4/c1-17(23(33)30-20-11-7-9-18-8-5-6-10-19(18)20)29-24(34)21(31-26(13-27)15-35-16-26)12-22(32)28-14-25(2,3)4/h5-6,8,10,17,20-21,31H,7,9,11-16,27H2,1-4H3,(H,28,32)(H,29,34)(H,30,33)/t17?,20-,21?/m1/s1. The van der Waals surface area contributed by atoms with Crippen molar-refractivity contribution in [3.63, 3.8) is 0 Å². The van der Waals surface area contributed by atoms with Crippen LogP contribution in [0.15, 0.2) is 24.3 Å². The minimum Gasteiger partial charge on any atom is -0.377 e. The van der Waals surface area contributed by atoms with Gasteiger partial charge in [0.05, 0.1) is 37.3 Å². The smallest absolute Gasteiger partial charge is 0.242 e. The summed E-state index contributed by atoms with van der Waals surface area (Å²) in [7, 11) is 0. The van der Waals surface area contributed by atoms with Gasteiger partial charge in [-0.3, -0.25) is 19.7 Å². The number of benzene rings is 1. The van der Waals surface area contributed by atoms with Crippen LogP contribution in [0.3, 0.4) is 0 Å². The van der Waals surface area contributed by atoms with Crippen LogP contribution < -0.4 is 27.0 Å². The van der Waals surface area contributed by atoms with E-state index in [0.717, 1.165) is 24.8 Å². The predicted octanol–water partition coefficient (Wildman–Crippen LogP) is 0.923. The van der Waals surface area contributed by atoms with E-state index in [1.165, 1.54) is 5.56 Å². The Balaban J connectivity index is 1.62. The SMILES string of the molecule is CC(NC(=O)C(CC(=O)NCC(C)(C)C)NC1(CN)COC1)C(=O)N[C@@H]1CCCc2ccccc21. The summed E-state index contributed by atoms with van der Waals surface area (Å²) in [6, 6.07) is 6.46. The summed E-state index contributed by atoms with van der Waals surface area (Å²) >= 11 is 0. The third-order valence-corrected chi connectivity index (χ3v) is 6.59. The zero-order valence-corrected chi connectivity index (χ0v) is 21.4. The van der Waals surface area contributed by atoms with E-state index in [2.05, 4.69) is 27.3 Å². The van der Waals surface area contributed by atoms with Crippen LogP contribution in [-0.2, 0) is 25.5 Å². The van der Waals surface area contributed by atoms with E-state index < -0.39 is 23.5 Å². The minimum absolute atomic E-state index is 0.0615. The molecule has 0 aromatic heterocycles. The van der Waals surface area contributed by atoms with Gasteiger partial charge in [0.15, 0.2) is 0 Å². The van der Waals surface area contributed by atoms with Gasteiger partial charge in [-0.25, -0.2) is 0 Å². The van der Waals surface area contributed by atoms with Crippen molar-refractivity contribution in [2.75, 3.05) is 26.3 Å². The van der Waals surface area contributed by atoms with Crippen molar-refractivity contribution in [2.45, 2.75) is 77.0 Å². The molecule has 1 aromatic carbocycles. The molecule has 1 heterocycles. The first-order valence-electron chi connectivity index (χ1n) is 12.5. The number of hydrogen-bond donors (Lipinski definition) is 5. The topological polar surface area (TPSA) is 135 Å². The van der Waals surface area contributed by atoms with Gasteiger partial charge in [0.25, 0.3) is 0 Å². The number of hydrogen-bond acceptors (Lipinski definition) is 6. The van der Waals surface area contributed by atoms with Crippen LogP contribution >= 0.6 is 0 Å². The lowest BCUT2D eigenvalue weighted by atomic mass is 9.87. The normalized spacial score (nSPS) is 20.5. The average Bonchev–Trinajstić information content (AvgIpc) is 2.79. The quantitative estimate of drug-likeness (QED) is 0.333. The lowest BCUT2D eigenvalue weighted by Crippen LogP contribution is -2.69. The summed E-state index contributed by atoms with van der Waals surface area (Å²) in [5, 5.41) is 12.0. The molecule has 35 heavy (non-hydrogen) atoms. The molecule has 1 saturated heterocycles. The molecule has 1 aromatic rings. The molecule has 6 N–H and O–H groups in total. The molecule has 0 saturated carbocycles. The number of aryl methyl sites for hydroxylation is 1. The molecule has 1 aliphatic heterocycles. The monoisotopic (exact) mass is 487 g/mol. The lowest BCUT2D eigenvalue weighted by Gasteiger charge is -2.43. The molecule has 3 rings (SSSR count). The van der Waals surface area contributed by atoms with Gasteiger partial charge in [0.1, 0.15) is 6.04 Å². The molecule has 9 heteroatoms. The summed E-state index contributed by atoms with van der Waals surface area (Å²) in [4.78, 5) is 38.8. The van der Waals surface area contributed by atoms with Crippen LogP contribution in [0.5, 0.6) is 0 Å². The highest BCUT2D eigenvalue weighted by Gasteiger charge is 2.41. The van der Waals surface area contributed by atoms with E-state index in [0.29, 0.717) is 19.8 Å². The molecule has 0 radical (unpaired) electrons. The number of nitrogens with one attached hydrogen (secondary N) is 4. The van der Waals surface area contributed by atoms with Crippen LogP contribution in [0.2, 0.25) is 0 Å². The van der Waals surface area contributed by atoms with E-state index >= 15 is 0 Å². The van der Waals surface area contributed by atoms with E-state index in [1.54, 1.807) is 6.92 Å². The maximum atomic E-state index is 13.2. The van der Waals surface area contributed by atoms with Crippen LogP contribution in [0.25, 0.3) is 0 Å². The fourth-order valence-corrected chi connectivity index (χ4v) is 4.39. The number of fused-ring (bicyclic) bond motifs is 1. The Hall–Kier alpha value is -2.49. The number of ether oxygens (including phenoxy) is 1. The second-order valence-corrected chi connectivity index (χ2v) is 11.1. The summed E-state index contributed by atoms with van der Waals surface area (Å²) in [6.07, 6.45) is 2.81. The van der Waals surface area contributed by atoms with Gasteiger partial charge >= 0.3 is 0 Å². The van der Waals surface area contributed by atoms with Gasteiger partial charge in [-0.15, -0.1) is 0 Å². The average molecular weight is 488 g/mol. The molecular formula is C26H41N5O4. The van der Waals surface area contributed by atoms with Gasteiger partial charge in [-0.2, -0.15) is 0 Å². The van der Waals surface area contributed by atoms with E-state index in [9.17, 15) is 14.4 Å². The molecule has 3 atom stereocenters. The van der Waals surface area contributed by atoms with Crippen molar-refractivity contribution in [1.29, 1.82) is 0 Å². The first kappa shape index (κ1) is 27.1. The van der Waals surface area contributed by atoms with Gasteiger partial charge in [0, 0.05) is 13.1 Å². The van der Waals surface area contributed by atoms with Crippen molar-refractivity contribution in [3.05, 3.63) is 35.4 Å². The Morgan fingerprint density at radius 1 is 1.17 bits per heavy atom. The van der Waals surface area contributed by atoms with Crippen molar-refractivity contribution >= 4 is 17.7 Å². The number of amides is 3. The molecule has 2 aliphatic rings. The molecule has 2 unspecified atom stereocenters. The highest BCUT2D eigenvalue weighted by Crippen LogP contribution is 2.29. The van der Waals surface area contributed by atoms with E-state index in [4.69, 9.17) is 10.5 Å². The largest absolute Gasteiger partial charge is 0.377 e. The summed E-state index contributed by atoms with van der Waals surface area (Å²) in [5.41, 5.74) is 7.67. The zero-order chi connectivity index (χ0) is 25.6. The third-order valence-electron chi connectivity index (χ3n) is 6.59. The van der Waals surface area contributed by atoms with Gasteiger partial charge in [-0.05, 0) is 42.7 Å². The van der Waals surface area contributed by atoms with Crippen LogP contribution in [0.1, 0.15) is 64.1 Å². The fourth-order valence-electron chi connectivity index (χ4n) is 4.39. The Morgan fingerprint density at radius 2 is 1.89 bits per heavy atom. The molecule has 3 amide bonds. The molecule has 194 valence electrons. The molecule has 1 aliphatic carbocycles. The first-order chi connectivity index (χ1) is 16.5. The van der Waals surface area contributed by atoms with E-state index in [1.807, 2.05) is 39.0 Å². The van der Waals surface area contributed by atoms with Crippen molar-refractivity contribution in [3.8, 4) is 0 Å². The fraction of sp³-hybridized carbons (Fsp3) is 0.654. The number of carbonyl (C=O) groups is 3. The Kier molecular flexibility index (Phi) is 8.90. The molecule has 9 nitrogen and oxygen atoms in total. The predicted molar refractivity (Wildman–Crippen MR) is 134 cm³/mol. The lowest BCUT2D eigenvalue weighted by molar-refractivity contribution is -0.134. The Bertz CT molecular complexity index is 904. The van der Waals surface area contributed by atoms with Crippen LogP contribution in [0.4, 0.5) is 0 Å². The molecular weight excluding hydrogens is 446 g/mol. The third kappa shape index (κ3) is 7.49. The number of rotatable bonds is 10. The van der Waals surface area contributed by atoms with Gasteiger partial charge < -0.3 is 26.4 Å². The second-order valence-electron chi connectivity index (χ2n) is 11.1. The number of nitrogens with two attached hydrogens (primary N) is 1. The Morgan fingerprint density at radius 3 is 2.51 bits per heavy atom. The van der Waals surface area contributed by atoms with Crippen molar-refractivity contribution in [1.82, 2.24) is 21.3 Å². The first-order valence-corrected chi connectivity index (χ1v) is 12.5. The zero-order valence-electron chi connectivity index (χ0n) is 21.4. The number of carbonyl (C=O) groups excluding carboxylic acids is 3. The highest BCUT2D eigenvalue weighted by molar-refractivity contribution is 5.92.